The molecule has 8 fully saturated rings. The molecule has 8 bridgehead atoms. The summed E-state index contributed by atoms with van der Waals surface area (Å²) >= 11 is 0. The lowest BCUT2D eigenvalue weighted by Crippen LogP contribution is -2.54. The quantitative estimate of drug-likeness (QED) is 0.642. The molecule has 0 unspecified atom stereocenters. The summed E-state index contributed by atoms with van der Waals surface area (Å²) in [6.45, 7) is 0. The second-order valence-corrected chi connectivity index (χ2v) is 10.9. The fourth-order valence-corrected chi connectivity index (χ4v) is 9.61. The fourth-order valence-electron chi connectivity index (χ4n) is 9.61. The Morgan fingerprint density at radius 3 is 1.04 bits per heavy atom. The SMILES string of the molecule is O=C=C(C12CC3CC(CC(C3)C1)C2)C12CC3CC(CC(C3)C1)C2. The smallest absolute Gasteiger partial charge is 0.124 e. The predicted octanol–water partition coefficient (Wildman–Crippen LogP) is 5.18. The Labute approximate surface area is 140 Å². The minimum atomic E-state index is 0.308. The molecule has 8 aliphatic carbocycles. The van der Waals surface area contributed by atoms with Crippen molar-refractivity contribution >= 4 is 5.94 Å². The van der Waals surface area contributed by atoms with Crippen LogP contribution in [0.4, 0.5) is 0 Å². The normalized spacial score (nSPS) is 58.4. The molecule has 0 aromatic carbocycles. The number of allylic oxidation sites excluding steroid dienone is 1. The van der Waals surface area contributed by atoms with E-state index < -0.39 is 0 Å². The number of hydrogen-bond acceptors (Lipinski definition) is 1. The third-order valence-electron chi connectivity index (χ3n) is 9.24. The summed E-state index contributed by atoms with van der Waals surface area (Å²) in [5.74, 6) is 8.34. The van der Waals surface area contributed by atoms with Gasteiger partial charge in [-0.3, -0.25) is 0 Å². The van der Waals surface area contributed by atoms with Crippen molar-refractivity contribution in [2.45, 2.75) is 77.0 Å². The molecule has 0 N–H and O–H groups in total. The van der Waals surface area contributed by atoms with E-state index in [4.69, 9.17) is 0 Å². The highest BCUT2D eigenvalue weighted by molar-refractivity contribution is 5.59. The van der Waals surface area contributed by atoms with Gasteiger partial charge in [0.1, 0.15) is 5.94 Å². The molecule has 23 heavy (non-hydrogen) atoms. The molecule has 124 valence electrons. The van der Waals surface area contributed by atoms with Gasteiger partial charge in [-0.1, -0.05) is 0 Å². The molecule has 0 aromatic rings. The molecular formula is C22H30O. The molecule has 1 nitrogen and oxygen atoms in total. The molecule has 0 atom stereocenters. The zero-order valence-corrected chi connectivity index (χ0v) is 14.4. The third-order valence-corrected chi connectivity index (χ3v) is 9.24. The van der Waals surface area contributed by atoms with Crippen LogP contribution in [0.5, 0.6) is 0 Å². The van der Waals surface area contributed by atoms with Crippen LogP contribution in [0.3, 0.4) is 0 Å². The third kappa shape index (κ3) is 1.78. The van der Waals surface area contributed by atoms with E-state index in [-0.39, 0.29) is 0 Å². The molecule has 8 aliphatic rings. The Hall–Kier alpha value is -0.550. The van der Waals surface area contributed by atoms with Crippen molar-refractivity contribution in [1.82, 2.24) is 0 Å². The van der Waals surface area contributed by atoms with Gasteiger partial charge >= 0.3 is 0 Å². The second kappa shape index (κ2) is 4.34. The summed E-state index contributed by atoms with van der Waals surface area (Å²) in [7, 11) is 0. The van der Waals surface area contributed by atoms with Gasteiger partial charge in [0, 0.05) is 16.4 Å². The molecule has 0 aromatic heterocycles. The maximum Gasteiger partial charge on any atom is 0.124 e. The molecule has 8 rings (SSSR count). The van der Waals surface area contributed by atoms with Crippen LogP contribution in [-0.4, -0.2) is 5.94 Å². The molecule has 0 radical (unpaired) electrons. The summed E-state index contributed by atoms with van der Waals surface area (Å²) in [6, 6.07) is 0. The van der Waals surface area contributed by atoms with Crippen molar-refractivity contribution in [1.29, 1.82) is 0 Å². The standard InChI is InChI=1S/C22H30O/c23-13-20(21-7-14-1-15(8-21)3-16(2-14)9-21)22-10-17-4-18(11-22)6-19(5-17)12-22/h14-19H,1-12H2. The van der Waals surface area contributed by atoms with Crippen LogP contribution < -0.4 is 0 Å². The van der Waals surface area contributed by atoms with E-state index in [1.54, 1.807) is 0 Å². The van der Waals surface area contributed by atoms with Crippen LogP contribution in [0.25, 0.3) is 0 Å². The Morgan fingerprint density at radius 1 is 0.565 bits per heavy atom. The predicted molar refractivity (Wildman–Crippen MR) is 90.4 cm³/mol. The molecule has 0 aliphatic heterocycles. The van der Waals surface area contributed by atoms with Gasteiger partial charge in [0.25, 0.3) is 0 Å². The van der Waals surface area contributed by atoms with Crippen LogP contribution in [0.2, 0.25) is 0 Å². The van der Waals surface area contributed by atoms with E-state index >= 15 is 0 Å². The lowest BCUT2D eigenvalue weighted by molar-refractivity contribution is -0.0786. The molecule has 0 saturated heterocycles. The number of rotatable bonds is 2. The molecule has 0 heterocycles. The van der Waals surface area contributed by atoms with Gasteiger partial charge in [-0.15, -0.1) is 0 Å². The van der Waals surface area contributed by atoms with Crippen molar-refractivity contribution < 1.29 is 4.79 Å². The van der Waals surface area contributed by atoms with Crippen LogP contribution in [0.1, 0.15) is 77.0 Å². The highest BCUT2D eigenvalue weighted by atomic mass is 16.1. The molecule has 0 spiro atoms. The first-order valence-electron chi connectivity index (χ1n) is 10.4. The highest BCUT2D eigenvalue weighted by Crippen LogP contribution is 2.70. The zero-order chi connectivity index (χ0) is 15.2. The minimum absolute atomic E-state index is 0.308. The monoisotopic (exact) mass is 310 g/mol. The lowest BCUT2D eigenvalue weighted by atomic mass is 9.40. The lowest BCUT2D eigenvalue weighted by Gasteiger charge is -2.63. The average Bonchev–Trinajstić information content (AvgIpc) is 2.43. The Balaban J connectivity index is 1.42. The van der Waals surface area contributed by atoms with Gasteiger partial charge in [-0.05, 0) is 113 Å². The van der Waals surface area contributed by atoms with Crippen LogP contribution in [0, 0.1) is 46.3 Å². The molecule has 0 amide bonds. The fraction of sp³-hybridized carbons (Fsp3) is 0.909. The highest BCUT2D eigenvalue weighted by Gasteiger charge is 2.61. The maximum atomic E-state index is 12.4. The summed E-state index contributed by atoms with van der Waals surface area (Å²) < 4.78 is 0. The van der Waals surface area contributed by atoms with Crippen molar-refractivity contribution in [2.24, 2.45) is 46.3 Å². The largest absolute Gasteiger partial charge is 0.234 e. The van der Waals surface area contributed by atoms with Gasteiger partial charge in [-0.2, -0.15) is 0 Å². The van der Waals surface area contributed by atoms with Crippen molar-refractivity contribution in [3.05, 3.63) is 5.57 Å². The Bertz CT molecular complexity index is 477. The van der Waals surface area contributed by atoms with Gasteiger partial charge in [0.05, 0.1) is 0 Å². The summed E-state index contributed by atoms with van der Waals surface area (Å²) in [6.07, 6.45) is 17.0. The van der Waals surface area contributed by atoms with Crippen molar-refractivity contribution in [3.63, 3.8) is 0 Å². The minimum Gasteiger partial charge on any atom is -0.234 e. The first kappa shape index (κ1) is 13.7. The molecular weight excluding hydrogens is 280 g/mol. The summed E-state index contributed by atoms with van der Waals surface area (Å²) in [5.41, 5.74) is 1.97. The van der Waals surface area contributed by atoms with E-state index in [1.807, 2.05) is 0 Å². The van der Waals surface area contributed by atoms with E-state index in [9.17, 15) is 4.79 Å². The maximum absolute atomic E-state index is 12.4. The molecule has 8 saturated carbocycles. The molecule has 1 heteroatoms. The van der Waals surface area contributed by atoms with E-state index in [0.717, 1.165) is 35.5 Å². The number of hydrogen-bond donors (Lipinski definition) is 0. The summed E-state index contributed by atoms with van der Waals surface area (Å²) in [5, 5.41) is 0. The van der Waals surface area contributed by atoms with Crippen LogP contribution >= 0.6 is 0 Å². The first-order valence-corrected chi connectivity index (χ1v) is 10.4. The topological polar surface area (TPSA) is 17.1 Å². The average molecular weight is 310 g/mol. The van der Waals surface area contributed by atoms with E-state index in [1.165, 1.54) is 82.6 Å². The van der Waals surface area contributed by atoms with Gasteiger partial charge in [-0.25, -0.2) is 4.79 Å². The van der Waals surface area contributed by atoms with Gasteiger partial charge < -0.3 is 0 Å². The van der Waals surface area contributed by atoms with Crippen molar-refractivity contribution in [3.8, 4) is 0 Å². The summed E-state index contributed by atoms with van der Waals surface area (Å²) in [4.78, 5) is 12.4. The van der Waals surface area contributed by atoms with E-state index in [2.05, 4.69) is 5.94 Å². The second-order valence-electron chi connectivity index (χ2n) is 10.9. The van der Waals surface area contributed by atoms with Gasteiger partial charge in [0.15, 0.2) is 0 Å². The Kier molecular flexibility index (Phi) is 2.59. The first-order chi connectivity index (χ1) is 11.2. The van der Waals surface area contributed by atoms with Crippen molar-refractivity contribution in [2.75, 3.05) is 0 Å². The van der Waals surface area contributed by atoms with E-state index in [0.29, 0.717) is 10.8 Å². The van der Waals surface area contributed by atoms with Gasteiger partial charge in [0.2, 0.25) is 0 Å². The Morgan fingerprint density at radius 2 is 0.826 bits per heavy atom. The zero-order valence-electron chi connectivity index (χ0n) is 14.4. The van der Waals surface area contributed by atoms with Crippen LogP contribution in [0.15, 0.2) is 5.57 Å². The number of carbonyl (C=O) groups excluding carboxylic acids is 1. The van der Waals surface area contributed by atoms with Crippen LogP contribution in [-0.2, 0) is 4.79 Å².